The van der Waals surface area contributed by atoms with Crippen LogP contribution in [0.4, 0.5) is 15.8 Å². The molecule has 96 valence electrons. The quantitative estimate of drug-likeness (QED) is 0.726. The Labute approximate surface area is 108 Å². The second-order valence-corrected chi connectivity index (χ2v) is 4.35. The Kier molecular flexibility index (Phi) is 2.59. The highest BCUT2D eigenvalue weighted by Crippen LogP contribution is 2.33. The molecule has 0 saturated carbocycles. The largest absolute Gasteiger partial charge is 0.508 e. The van der Waals surface area contributed by atoms with Gasteiger partial charge in [-0.25, -0.2) is 4.39 Å². The molecular formula is C14H11FN2O2. The van der Waals surface area contributed by atoms with Crippen molar-refractivity contribution in [1.82, 2.24) is 0 Å². The molecule has 0 aromatic heterocycles. The maximum Gasteiger partial charge on any atom is 0.251 e. The van der Waals surface area contributed by atoms with E-state index in [0.29, 0.717) is 16.9 Å². The summed E-state index contributed by atoms with van der Waals surface area (Å²) in [7, 11) is 0. The molecule has 3 rings (SSSR count). The molecule has 5 heteroatoms. The van der Waals surface area contributed by atoms with Crippen molar-refractivity contribution in [2.75, 3.05) is 10.6 Å². The van der Waals surface area contributed by atoms with Crippen molar-refractivity contribution in [2.45, 2.75) is 6.04 Å². The Balaban J connectivity index is 1.91. The molecule has 0 bridgehead atoms. The minimum Gasteiger partial charge on any atom is -0.508 e. The molecule has 0 fully saturated rings. The van der Waals surface area contributed by atoms with Gasteiger partial charge in [-0.05, 0) is 42.5 Å². The molecule has 1 aliphatic rings. The Morgan fingerprint density at radius 1 is 1.16 bits per heavy atom. The van der Waals surface area contributed by atoms with Gasteiger partial charge in [0.05, 0.1) is 0 Å². The molecule has 1 amide bonds. The van der Waals surface area contributed by atoms with Crippen molar-refractivity contribution >= 4 is 17.3 Å². The van der Waals surface area contributed by atoms with E-state index in [-0.39, 0.29) is 17.5 Å². The summed E-state index contributed by atoms with van der Waals surface area (Å²) >= 11 is 0. The first-order valence-corrected chi connectivity index (χ1v) is 5.79. The maximum atomic E-state index is 13.3. The lowest BCUT2D eigenvalue weighted by Gasteiger charge is -2.13. The predicted octanol–water partition coefficient (Wildman–Crippen LogP) is 2.64. The Hall–Kier alpha value is -2.56. The van der Waals surface area contributed by atoms with Gasteiger partial charge >= 0.3 is 0 Å². The smallest absolute Gasteiger partial charge is 0.251 e. The number of phenolic OH excluding ortho intramolecular Hbond substituents is 1. The number of hydrogen-bond acceptors (Lipinski definition) is 3. The summed E-state index contributed by atoms with van der Waals surface area (Å²) < 4.78 is 13.3. The lowest BCUT2D eigenvalue weighted by Crippen LogP contribution is -2.19. The number of halogens is 1. The summed E-state index contributed by atoms with van der Waals surface area (Å²) in [6.45, 7) is 0. The number of hydrogen-bond donors (Lipinski definition) is 3. The average molecular weight is 258 g/mol. The van der Waals surface area contributed by atoms with E-state index in [9.17, 15) is 14.3 Å². The van der Waals surface area contributed by atoms with Gasteiger partial charge in [-0.15, -0.1) is 0 Å². The lowest BCUT2D eigenvalue weighted by molar-refractivity contribution is -0.116. The number of benzene rings is 2. The van der Waals surface area contributed by atoms with Crippen molar-refractivity contribution in [3.05, 3.63) is 53.8 Å². The number of carbonyl (C=O) groups excluding carboxylic acids is 1. The van der Waals surface area contributed by atoms with Crippen LogP contribution in [0.5, 0.6) is 5.75 Å². The molecule has 0 spiro atoms. The molecule has 2 aromatic carbocycles. The molecule has 0 aliphatic carbocycles. The van der Waals surface area contributed by atoms with Gasteiger partial charge in [-0.2, -0.15) is 0 Å². The second kappa shape index (κ2) is 4.28. The third kappa shape index (κ3) is 2.10. The standard InChI is InChI=1S/C14H11FN2O2/c15-8-1-6-12-11(7-8)13(14(19)17-12)16-9-2-4-10(18)5-3-9/h1-7,13,16,18H,(H,17,19). The van der Waals surface area contributed by atoms with E-state index >= 15 is 0 Å². The molecular weight excluding hydrogens is 247 g/mol. The molecule has 2 aromatic rings. The number of nitrogens with one attached hydrogen (secondary N) is 2. The van der Waals surface area contributed by atoms with Gasteiger partial charge < -0.3 is 15.7 Å². The number of rotatable bonds is 2. The van der Waals surface area contributed by atoms with E-state index in [0.717, 1.165) is 0 Å². The summed E-state index contributed by atoms with van der Waals surface area (Å²) in [5, 5.41) is 14.9. The van der Waals surface area contributed by atoms with Gasteiger partial charge in [0, 0.05) is 16.9 Å². The van der Waals surface area contributed by atoms with Crippen LogP contribution in [0.2, 0.25) is 0 Å². The minimum atomic E-state index is -0.629. The van der Waals surface area contributed by atoms with E-state index in [1.54, 1.807) is 18.2 Å². The zero-order chi connectivity index (χ0) is 13.4. The van der Waals surface area contributed by atoms with Crippen LogP contribution in [0, 0.1) is 5.82 Å². The van der Waals surface area contributed by atoms with Crippen LogP contribution in [0.1, 0.15) is 11.6 Å². The molecule has 0 saturated heterocycles. The van der Waals surface area contributed by atoms with E-state index in [1.165, 1.54) is 24.3 Å². The number of fused-ring (bicyclic) bond motifs is 1. The number of carbonyl (C=O) groups is 1. The van der Waals surface area contributed by atoms with Crippen LogP contribution in [0.15, 0.2) is 42.5 Å². The SMILES string of the molecule is O=C1Nc2ccc(F)cc2C1Nc1ccc(O)cc1. The number of aromatic hydroxyl groups is 1. The van der Waals surface area contributed by atoms with Crippen molar-refractivity contribution in [3.63, 3.8) is 0 Å². The van der Waals surface area contributed by atoms with Gasteiger partial charge in [0.25, 0.3) is 5.91 Å². The number of phenols is 1. The molecule has 1 heterocycles. The Morgan fingerprint density at radius 3 is 2.63 bits per heavy atom. The third-order valence-corrected chi connectivity index (χ3v) is 3.02. The fourth-order valence-electron chi connectivity index (χ4n) is 2.10. The fourth-order valence-corrected chi connectivity index (χ4v) is 2.10. The molecule has 3 N–H and O–H groups in total. The highest BCUT2D eigenvalue weighted by molar-refractivity contribution is 6.04. The zero-order valence-electron chi connectivity index (χ0n) is 9.85. The molecule has 1 atom stereocenters. The lowest BCUT2D eigenvalue weighted by atomic mass is 10.1. The molecule has 19 heavy (non-hydrogen) atoms. The fraction of sp³-hybridized carbons (Fsp3) is 0.0714. The molecule has 1 aliphatic heterocycles. The van der Waals surface area contributed by atoms with Crippen molar-refractivity contribution < 1.29 is 14.3 Å². The third-order valence-electron chi connectivity index (χ3n) is 3.02. The van der Waals surface area contributed by atoms with Gasteiger partial charge in [-0.3, -0.25) is 4.79 Å². The predicted molar refractivity (Wildman–Crippen MR) is 69.5 cm³/mol. The van der Waals surface area contributed by atoms with Crippen molar-refractivity contribution in [1.29, 1.82) is 0 Å². The topological polar surface area (TPSA) is 61.4 Å². The van der Waals surface area contributed by atoms with Gasteiger partial charge in [0.1, 0.15) is 17.6 Å². The molecule has 4 nitrogen and oxygen atoms in total. The van der Waals surface area contributed by atoms with Crippen LogP contribution in [0.3, 0.4) is 0 Å². The normalized spacial score (nSPS) is 16.9. The minimum absolute atomic E-state index is 0.146. The highest BCUT2D eigenvalue weighted by Gasteiger charge is 2.30. The first kappa shape index (κ1) is 11.5. The van der Waals surface area contributed by atoms with E-state index < -0.39 is 6.04 Å². The van der Waals surface area contributed by atoms with Gasteiger partial charge in [0.2, 0.25) is 0 Å². The van der Waals surface area contributed by atoms with Crippen LogP contribution in [-0.2, 0) is 4.79 Å². The Morgan fingerprint density at radius 2 is 1.89 bits per heavy atom. The Bertz CT molecular complexity index is 640. The van der Waals surface area contributed by atoms with Crippen molar-refractivity contribution in [3.8, 4) is 5.75 Å². The van der Waals surface area contributed by atoms with E-state index in [2.05, 4.69) is 10.6 Å². The maximum absolute atomic E-state index is 13.3. The summed E-state index contributed by atoms with van der Waals surface area (Å²) in [5.41, 5.74) is 1.87. The highest BCUT2D eigenvalue weighted by atomic mass is 19.1. The molecule has 0 radical (unpaired) electrons. The first-order chi connectivity index (χ1) is 9.13. The summed E-state index contributed by atoms with van der Waals surface area (Å²) in [6.07, 6.45) is 0. The van der Waals surface area contributed by atoms with Crippen LogP contribution in [-0.4, -0.2) is 11.0 Å². The molecule has 1 unspecified atom stereocenters. The van der Waals surface area contributed by atoms with Gasteiger partial charge in [-0.1, -0.05) is 0 Å². The summed E-state index contributed by atoms with van der Waals surface area (Å²) in [5.74, 6) is -0.464. The summed E-state index contributed by atoms with van der Waals surface area (Å²) in [4.78, 5) is 11.9. The van der Waals surface area contributed by atoms with Gasteiger partial charge in [0.15, 0.2) is 0 Å². The van der Waals surface area contributed by atoms with Crippen LogP contribution in [0.25, 0.3) is 0 Å². The van der Waals surface area contributed by atoms with E-state index in [1.807, 2.05) is 0 Å². The number of amides is 1. The first-order valence-electron chi connectivity index (χ1n) is 5.79. The zero-order valence-corrected chi connectivity index (χ0v) is 9.85. The van der Waals surface area contributed by atoms with E-state index in [4.69, 9.17) is 0 Å². The van der Waals surface area contributed by atoms with Crippen LogP contribution < -0.4 is 10.6 Å². The summed E-state index contributed by atoms with van der Waals surface area (Å²) in [6, 6.07) is 9.90. The van der Waals surface area contributed by atoms with Crippen molar-refractivity contribution in [2.24, 2.45) is 0 Å². The second-order valence-electron chi connectivity index (χ2n) is 4.35. The monoisotopic (exact) mass is 258 g/mol. The number of anilines is 2. The average Bonchev–Trinajstić information content (AvgIpc) is 2.69. The van der Waals surface area contributed by atoms with Crippen LogP contribution >= 0.6 is 0 Å².